The van der Waals surface area contributed by atoms with Crippen LogP contribution >= 0.6 is 22.6 Å². The van der Waals surface area contributed by atoms with E-state index in [4.69, 9.17) is 10.5 Å². The number of anilines is 1. The van der Waals surface area contributed by atoms with Crippen LogP contribution in [-0.4, -0.2) is 17.1 Å². The van der Waals surface area contributed by atoms with Crippen LogP contribution in [0.5, 0.6) is 5.75 Å². The molecule has 0 unspecified atom stereocenters. The molecule has 0 fully saturated rings. The van der Waals surface area contributed by atoms with E-state index in [1.54, 1.807) is 7.11 Å². The van der Waals surface area contributed by atoms with Crippen LogP contribution in [0.2, 0.25) is 0 Å². The minimum absolute atomic E-state index is 0.0779. The van der Waals surface area contributed by atoms with Crippen LogP contribution in [0, 0.1) is 3.57 Å². The Morgan fingerprint density at radius 1 is 1.30 bits per heavy atom. The van der Waals surface area contributed by atoms with E-state index in [2.05, 4.69) is 58.5 Å². The van der Waals surface area contributed by atoms with Crippen molar-refractivity contribution in [1.29, 1.82) is 0 Å². The number of nitrogens with zero attached hydrogens (tertiary/aromatic N) is 2. The van der Waals surface area contributed by atoms with Crippen LogP contribution in [0.1, 0.15) is 25.0 Å². The summed E-state index contributed by atoms with van der Waals surface area (Å²) in [5.41, 5.74) is 10.4. The Hall–Kier alpha value is -1.37. The smallest absolute Gasteiger partial charge is 0.132 e. The first kappa shape index (κ1) is 13.6. The molecule has 4 nitrogen and oxygen atoms in total. The van der Waals surface area contributed by atoms with Crippen molar-refractivity contribution in [3.8, 4) is 17.0 Å². The van der Waals surface area contributed by atoms with Crippen LogP contribution < -0.4 is 10.5 Å². The van der Waals surface area contributed by atoms with Crippen molar-refractivity contribution in [2.45, 2.75) is 25.7 Å². The maximum atomic E-state index is 6.09. The molecule has 0 aliphatic heterocycles. The molecule has 1 aromatic heterocycles. The standard InChI is InChI=1S/C15H16IN3O/c1-15(2)6-8-4-11(20-3)10(16)5-9(8)13-12(15)14(17)19-7-18-13/h4-5,7H,6H2,1-3H3,(H2,17,18,19). The molecule has 2 N–H and O–H groups in total. The monoisotopic (exact) mass is 381 g/mol. The predicted octanol–water partition coefficient (Wildman–Crippen LogP) is 3.17. The molecule has 0 saturated carbocycles. The third kappa shape index (κ3) is 1.95. The van der Waals surface area contributed by atoms with Crippen molar-refractivity contribution in [2.24, 2.45) is 0 Å². The summed E-state index contributed by atoms with van der Waals surface area (Å²) in [5, 5.41) is 0. The lowest BCUT2D eigenvalue weighted by Crippen LogP contribution is -2.28. The van der Waals surface area contributed by atoms with Gasteiger partial charge < -0.3 is 10.5 Å². The Balaban J connectivity index is 2.33. The molecule has 1 aromatic carbocycles. The molecule has 0 atom stereocenters. The van der Waals surface area contributed by atoms with Crippen LogP contribution in [0.4, 0.5) is 5.82 Å². The summed E-state index contributed by atoms with van der Waals surface area (Å²) >= 11 is 2.28. The van der Waals surface area contributed by atoms with E-state index < -0.39 is 0 Å². The Morgan fingerprint density at radius 3 is 2.75 bits per heavy atom. The number of aromatic nitrogens is 2. The molecule has 0 bridgehead atoms. The van der Waals surface area contributed by atoms with Gasteiger partial charge in [0.1, 0.15) is 17.9 Å². The Kier molecular flexibility index (Phi) is 3.12. The Morgan fingerprint density at radius 2 is 2.05 bits per heavy atom. The first-order valence-corrected chi connectivity index (χ1v) is 7.49. The van der Waals surface area contributed by atoms with Crippen molar-refractivity contribution >= 4 is 28.4 Å². The normalized spacial score (nSPS) is 15.4. The highest BCUT2D eigenvalue weighted by Crippen LogP contribution is 2.45. The SMILES string of the molecule is COc1cc2c(cc1I)-c1ncnc(N)c1C(C)(C)C2. The molecule has 0 spiro atoms. The summed E-state index contributed by atoms with van der Waals surface area (Å²) in [6, 6.07) is 4.23. The highest BCUT2D eigenvalue weighted by Gasteiger charge is 2.34. The quantitative estimate of drug-likeness (QED) is 0.771. The van der Waals surface area contributed by atoms with E-state index in [0.717, 1.165) is 32.6 Å². The van der Waals surface area contributed by atoms with Crippen molar-refractivity contribution in [3.63, 3.8) is 0 Å². The van der Waals surface area contributed by atoms with E-state index >= 15 is 0 Å². The highest BCUT2D eigenvalue weighted by molar-refractivity contribution is 14.1. The fourth-order valence-corrected chi connectivity index (χ4v) is 3.64. The number of methoxy groups -OCH3 is 1. The zero-order chi connectivity index (χ0) is 14.5. The van der Waals surface area contributed by atoms with E-state index in [0.29, 0.717) is 5.82 Å². The van der Waals surface area contributed by atoms with Gasteiger partial charge in [0.15, 0.2) is 0 Å². The molecular formula is C15H16IN3O. The number of rotatable bonds is 1. The number of fused-ring (bicyclic) bond motifs is 3. The Bertz CT molecular complexity index is 698. The van der Waals surface area contributed by atoms with Gasteiger partial charge in [0.05, 0.1) is 16.4 Å². The lowest BCUT2D eigenvalue weighted by atomic mass is 9.72. The number of ether oxygens (including phenoxy) is 1. The van der Waals surface area contributed by atoms with E-state index in [1.165, 1.54) is 11.9 Å². The molecule has 20 heavy (non-hydrogen) atoms. The summed E-state index contributed by atoms with van der Waals surface area (Å²) in [6.07, 6.45) is 2.44. The van der Waals surface area contributed by atoms with Crippen LogP contribution in [0.3, 0.4) is 0 Å². The summed E-state index contributed by atoms with van der Waals surface area (Å²) < 4.78 is 6.50. The molecule has 0 amide bonds. The van der Waals surface area contributed by atoms with Gasteiger partial charge in [0.25, 0.3) is 0 Å². The molecule has 0 radical (unpaired) electrons. The number of benzene rings is 1. The lowest BCUT2D eigenvalue weighted by Gasteiger charge is -2.34. The number of hydrogen-bond acceptors (Lipinski definition) is 4. The summed E-state index contributed by atoms with van der Waals surface area (Å²) in [7, 11) is 1.70. The number of hydrogen-bond donors (Lipinski definition) is 1. The second-order valence-electron chi connectivity index (χ2n) is 5.69. The third-order valence-corrected chi connectivity index (χ3v) is 4.66. The first-order valence-electron chi connectivity index (χ1n) is 6.42. The van der Waals surface area contributed by atoms with Gasteiger partial charge in [-0.3, -0.25) is 0 Å². The maximum absolute atomic E-state index is 6.09. The summed E-state index contributed by atoms with van der Waals surface area (Å²) in [4.78, 5) is 8.64. The van der Waals surface area contributed by atoms with Crippen LogP contribution in [0.25, 0.3) is 11.3 Å². The van der Waals surface area contributed by atoms with Gasteiger partial charge in [-0.25, -0.2) is 9.97 Å². The minimum atomic E-state index is -0.0779. The third-order valence-electron chi connectivity index (χ3n) is 3.82. The number of nitrogen functional groups attached to an aromatic ring is 1. The molecule has 1 aliphatic rings. The highest BCUT2D eigenvalue weighted by atomic mass is 127. The van der Waals surface area contributed by atoms with Gasteiger partial charge in [-0.2, -0.15) is 0 Å². The van der Waals surface area contributed by atoms with Crippen molar-refractivity contribution in [1.82, 2.24) is 9.97 Å². The summed E-state index contributed by atoms with van der Waals surface area (Å²) in [5.74, 6) is 1.49. The molecule has 2 aromatic rings. The van der Waals surface area contributed by atoms with Gasteiger partial charge >= 0.3 is 0 Å². The van der Waals surface area contributed by atoms with Gasteiger partial charge in [-0.1, -0.05) is 13.8 Å². The van der Waals surface area contributed by atoms with Crippen LogP contribution in [-0.2, 0) is 11.8 Å². The van der Waals surface area contributed by atoms with Crippen molar-refractivity contribution in [2.75, 3.05) is 12.8 Å². The van der Waals surface area contributed by atoms with Gasteiger partial charge in [0, 0.05) is 11.1 Å². The molecular weight excluding hydrogens is 365 g/mol. The van der Waals surface area contributed by atoms with Crippen molar-refractivity contribution in [3.05, 3.63) is 33.2 Å². The van der Waals surface area contributed by atoms with Gasteiger partial charge in [0.2, 0.25) is 0 Å². The average molecular weight is 381 g/mol. The Labute approximate surface area is 131 Å². The largest absolute Gasteiger partial charge is 0.496 e. The lowest BCUT2D eigenvalue weighted by molar-refractivity contribution is 0.410. The van der Waals surface area contributed by atoms with Gasteiger partial charge in [-0.15, -0.1) is 0 Å². The minimum Gasteiger partial charge on any atom is -0.496 e. The van der Waals surface area contributed by atoms with E-state index in [-0.39, 0.29) is 5.41 Å². The molecule has 0 saturated heterocycles. The van der Waals surface area contributed by atoms with Crippen LogP contribution in [0.15, 0.2) is 18.5 Å². The van der Waals surface area contributed by atoms with E-state index in [9.17, 15) is 0 Å². The predicted molar refractivity (Wildman–Crippen MR) is 87.9 cm³/mol. The average Bonchev–Trinajstić information content (AvgIpc) is 2.38. The van der Waals surface area contributed by atoms with Crippen molar-refractivity contribution < 1.29 is 4.74 Å². The zero-order valence-electron chi connectivity index (χ0n) is 11.7. The molecule has 1 heterocycles. The molecule has 5 heteroatoms. The fourth-order valence-electron chi connectivity index (χ4n) is 2.95. The zero-order valence-corrected chi connectivity index (χ0v) is 13.9. The molecule has 104 valence electrons. The first-order chi connectivity index (χ1) is 9.44. The number of halogens is 1. The second-order valence-corrected chi connectivity index (χ2v) is 6.85. The van der Waals surface area contributed by atoms with Gasteiger partial charge in [-0.05, 0) is 52.1 Å². The fraction of sp³-hybridized carbons (Fsp3) is 0.333. The summed E-state index contributed by atoms with van der Waals surface area (Å²) in [6.45, 7) is 4.36. The molecule has 1 aliphatic carbocycles. The molecule has 3 rings (SSSR count). The second kappa shape index (κ2) is 4.58. The van der Waals surface area contributed by atoms with E-state index in [1.807, 2.05) is 0 Å². The maximum Gasteiger partial charge on any atom is 0.132 e. The number of nitrogens with two attached hydrogens (primary N) is 1. The topological polar surface area (TPSA) is 61.0 Å².